The molecule has 0 fully saturated rings. The number of fused-ring (bicyclic) bond motifs is 8. The third kappa shape index (κ3) is 9.19. The Labute approximate surface area is 484 Å². The van der Waals surface area contributed by atoms with Crippen molar-refractivity contribution < 1.29 is 0 Å². The Balaban J connectivity index is 0.963. The molecule has 11 aromatic carbocycles. The van der Waals surface area contributed by atoms with Crippen molar-refractivity contribution >= 4 is 99.3 Å². The van der Waals surface area contributed by atoms with Gasteiger partial charge >= 0.3 is 0 Å². The average Bonchev–Trinajstić information content (AvgIpc) is 3.79. The lowest BCUT2D eigenvalue weighted by atomic mass is 9.85. The van der Waals surface area contributed by atoms with E-state index in [0.717, 1.165) is 45.5 Å². The lowest BCUT2D eigenvalue weighted by Gasteiger charge is -2.30. The number of benzene rings is 11. The van der Waals surface area contributed by atoms with Crippen LogP contribution < -0.4 is 9.80 Å². The number of nitrogens with zero attached hydrogens (tertiary/aromatic N) is 4. The zero-order chi connectivity index (χ0) is 57.0. The van der Waals surface area contributed by atoms with Crippen molar-refractivity contribution in [3.05, 3.63) is 253 Å². The van der Waals surface area contributed by atoms with Crippen molar-refractivity contribution in [2.45, 2.75) is 105 Å². The fourth-order valence-electron chi connectivity index (χ4n) is 12.4. The van der Waals surface area contributed by atoms with Gasteiger partial charge in [0.05, 0.1) is 33.4 Å². The van der Waals surface area contributed by atoms with Crippen LogP contribution >= 0.6 is 0 Å². The van der Waals surface area contributed by atoms with Gasteiger partial charge in [0.2, 0.25) is 0 Å². The van der Waals surface area contributed by atoms with Gasteiger partial charge in [-0.2, -0.15) is 0 Å². The molecular formula is C78H74N4. The monoisotopic (exact) mass is 1070 g/mol. The summed E-state index contributed by atoms with van der Waals surface area (Å²) in [7, 11) is 0. The predicted molar refractivity (Wildman–Crippen MR) is 354 cm³/mol. The second-order valence-electron chi connectivity index (χ2n) is 26.8. The van der Waals surface area contributed by atoms with Crippen LogP contribution in [-0.2, 0) is 21.7 Å². The summed E-state index contributed by atoms with van der Waals surface area (Å²) < 4.78 is 4.91. The molecule has 0 aliphatic heterocycles. The molecule has 0 amide bonds. The highest BCUT2D eigenvalue weighted by atomic mass is 15.2. The number of hydrogen-bond donors (Lipinski definition) is 0. The molecule has 0 atom stereocenters. The normalized spacial score (nSPS) is 12.6. The maximum Gasteiger partial charge on any atom is 0.0541 e. The fraction of sp³-hybridized carbons (Fsp3) is 0.205. The molecule has 4 nitrogen and oxygen atoms in total. The Bertz CT molecular complexity index is 4150. The Hall–Kier alpha value is -8.86. The van der Waals surface area contributed by atoms with Crippen molar-refractivity contribution in [1.29, 1.82) is 0 Å². The van der Waals surface area contributed by atoms with Crippen molar-refractivity contribution in [1.82, 2.24) is 9.13 Å². The second-order valence-corrected chi connectivity index (χ2v) is 26.8. The highest BCUT2D eigenvalue weighted by molar-refractivity contribution is 6.11. The van der Waals surface area contributed by atoms with Crippen molar-refractivity contribution in [3.63, 3.8) is 0 Å². The van der Waals surface area contributed by atoms with E-state index in [-0.39, 0.29) is 21.7 Å². The molecule has 13 aromatic rings. The Morgan fingerprint density at radius 1 is 0.244 bits per heavy atom. The molecule has 0 aliphatic carbocycles. The molecule has 0 unspecified atom stereocenters. The summed E-state index contributed by atoms with van der Waals surface area (Å²) in [5.74, 6) is 0. The molecule has 0 N–H and O–H groups in total. The number of anilines is 6. The molecule has 2 heterocycles. The fourth-order valence-corrected chi connectivity index (χ4v) is 12.4. The van der Waals surface area contributed by atoms with Gasteiger partial charge in [-0.15, -0.1) is 0 Å². The Morgan fingerprint density at radius 2 is 0.537 bits per heavy atom. The Morgan fingerprint density at radius 3 is 0.854 bits per heavy atom. The van der Waals surface area contributed by atoms with Gasteiger partial charge in [0.1, 0.15) is 0 Å². The van der Waals surface area contributed by atoms with E-state index in [2.05, 4.69) is 333 Å². The van der Waals surface area contributed by atoms with Gasteiger partial charge in [-0.25, -0.2) is 0 Å². The van der Waals surface area contributed by atoms with Gasteiger partial charge in [-0.05, 0) is 182 Å². The summed E-state index contributed by atoms with van der Waals surface area (Å²) in [6.07, 6.45) is 0. The van der Waals surface area contributed by atoms with Crippen LogP contribution in [0.2, 0.25) is 0 Å². The smallest absolute Gasteiger partial charge is 0.0541 e. The predicted octanol–water partition coefficient (Wildman–Crippen LogP) is 22.3. The second kappa shape index (κ2) is 19.4. The molecule has 0 aliphatic rings. The first-order valence-corrected chi connectivity index (χ1v) is 29.2. The van der Waals surface area contributed by atoms with Crippen LogP contribution in [0.25, 0.3) is 76.5 Å². The Kier molecular flexibility index (Phi) is 12.4. The van der Waals surface area contributed by atoms with Gasteiger partial charge in [0.15, 0.2) is 0 Å². The van der Waals surface area contributed by atoms with Gasteiger partial charge in [-0.3, -0.25) is 0 Å². The highest BCUT2D eigenvalue weighted by Gasteiger charge is 2.26. The van der Waals surface area contributed by atoms with E-state index in [0.29, 0.717) is 0 Å². The van der Waals surface area contributed by atoms with Crippen LogP contribution in [0.5, 0.6) is 0 Å². The lowest BCUT2D eigenvalue weighted by molar-refractivity contribution is 0.590. The summed E-state index contributed by atoms with van der Waals surface area (Å²) in [6, 6.07) is 86.7. The molecule has 0 spiro atoms. The van der Waals surface area contributed by atoms with Gasteiger partial charge < -0.3 is 18.9 Å². The SMILES string of the molecule is CC(C)(C)c1ccc2c(c1)c1cc(C(C)(C)C)ccc1n2-c1ccc(N(c2cccc(N(c3ccc(-n4c5ccc(C(C)(C)C)cc5c5cc(C(C)(C)C)ccc54)cc3)c3cccc4ccccc34)c2)c2cccc3ccccc23)cc1. The maximum atomic E-state index is 2.45. The average molecular weight is 1070 g/mol. The summed E-state index contributed by atoms with van der Waals surface area (Å²) in [6.45, 7) is 27.7. The quantitative estimate of drug-likeness (QED) is 0.151. The molecule has 0 saturated carbocycles. The van der Waals surface area contributed by atoms with Gasteiger partial charge in [0.25, 0.3) is 0 Å². The van der Waals surface area contributed by atoms with Crippen molar-refractivity contribution in [3.8, 4) is 11.4 Å². The van der Waals surface area contributed by atoms with Crippen molar-refractivity contribution in [2.75, 3.05) is 9.80 Å². The van der Waals surface area contributed by atoms with Crippen LogP contribution in [-0.4, -0.2) is 9.13 Å². The van der Waals surface area contributed by atoms with E-state index in [1.807, 2.05) is 0 Å². The summed E-state index contributed by atoms with van der Waals surface area (Å²) >= 11 is 0. The van der Waals surface area contributed by atoms with E-state index in [1.54, 1.807) is 0 Å². The van der Waals surface area contributed by atoms with E-state index in [4.69, 9.17) is 0 Å². The minimum atomic E-state index is 0.0215. The zero-order valence-electron chi connectivity index (χ0n) is 49.7. The van der Waals surface area contributed by atoms with Crippen molar-refractivity contribution in [2.24, 2.45) is 0 Å². The first kappa shape index (κ1) is 52.5. The first-order valence-electron chi connectivity index (χ1n) is 29.2. The van der Waals surface area contributed by atoms with Crippen LogP contribution in [0.4, 0.5) is 34.1 Å². The molecule has 4 heteroatoms. The zero-order valence-corrected chi connectivity index (χ0v) is 49.7. The van der Waals surface area contributed by atoms with E-state index >= 15 is 0 Å². The van der Waals surface area contributed by atoms with Gasteiger partial charge in [0, 0.05) is 66.4 Å². The third-order valence-corrected chi connectivity index (χ3v) is 17.1. The molecule has 0 bridgehead atoms. The third-order valence-electron chi connectivity index (χ3n) is 17.1. The molecule has 0 saturated heterocycles. The lowest BCUT2D eigenvalue weighted by Crippen LogP contribution is -2.14. The first-order chi connectivity index (χ1) is 39.2. The minimum Gasteiger partial charge on any atom is -0.310 e. The largest absolute Gasteiger partial charge is 0.310 e. The molecule has 13 rings (SSSR count). The molecular weight excluding hydrogens is 993 g/mol. The van der Waals surface area contributed by atoms with Crippen LogP contribution in [0.3, 0.4) is 0 Å². The summed E-state index contributed by atoms with van der Waals surface area (Å²) in [4.78, 5) is 4.88. The minimum absolute atomic E-state index is 0.0215. The molecule has 406 valence electrons. The number of rotatable bonds is 8. The van der Waals surface area contributed by atoms with E-state index in [1.165, 1.54) is 87.4 Å². The molecule has 82 heavy (non-hydrogen) atoms. The van der Waals surface area contributed by atoms with Gasteiger partial charge in [-0.1, -0.05) is 186 Å². The summed E-state index contributed by atoms with van der Waals surface area (Å²) in [5.41, 5.74) is 19.0. The van der Waals surface area contributed by atoms with E-state index in [9.17, 15) is 0 Å². The standard InChI is InChI=1S/C78H74N4/c1-75(2,3)53-30-42-71-65(46-53)66-47-54(76(4,5)6)31-43-72(66)81(71)59-38-34-57(35-39-59)79(69-28-17-22-51-20-13-15-26-63(51)69)61-24-19-25-62(50-61)80(70-29-18-23-52-21-14-16-27-64(52)70)58-36-40-60(41-37-58)82-73-44-32-55(77(7,8)9)48-67(73)68-49-56(78(10,11)12)33-45-74(68)82/h13-50H,1-12H3. The van der Waals surface area contributed by atoms with Crippen LogP contribution in [0, 0.1) is 0 Å². The maximum absolute atomic E-state index is 2.45. The van der Waals surface area contributed by atoms with Crippen LogP contribution in [0.15, 0.2) is 231 Å². The number of aromatic nitrogens is 2. The summed E-state index contributed by atoms with van der Waals surface area (Å²) in [5, 5.41) is 9.89. The number of hydrogen-bond acceptors (Lipinski definition) is 2. The highest BCUT2D eigenvalue weighted by Crippen LogP contribution is 2.46. The van der Waals surface area contributed by atoms with E-state index < -0.39 is 0 Å². The topological polar surface area (TPSA) is 16.3 Å². The van der Waals surface area contributed by atoms with Crippen LogP contribution in [0.1, 0.15) is 105 Å². The molecule has 2 aromatic heterocycles. The molecule has 0 radical (unpaired) electrons.